The Morgan fingerprint density at radius 2 is 1.95 bits per heavy atom. The summed E-state index contributed by atoms with van der Waals surface area (Å²) in [5.74, 6) is 0.426. The van der Waals surface area contributed by atoms with Crippen LogP contribution >= 0.6 is 11.8 Å². The number of anilines is 1. The van der Waals surface area contributed by atoms with Crippen molar-refractivity contribution in [3.63, 3.8) is 0 Å². The van der Waals surface area contributed by atoms with E-state index < -0.39 is 6.36 Å². The van der Waals surface area contributed by atoms with E-state index in [9.17, 15) is 18.0 Å². The van der Waals surface area contributed by atoms with Gasteiger partial charge in [-0.25, -0.2) is 0 Å². The fourth-order valence-corrected chi connectivity index (χ4v) is 2.48. The van der Waals surface area contributed by atoms with Crippen LogP contribution in [0.4, 0.5) is 18.9 Å². The number of unbranched alkanes of at least 4 members (excludes halogenated alkanes) is 1. The van der Waals surface area contributed by atoms with E-state index in [2.05, 4.69) is 17.0 Å². The molecule has 0 saturated heterocycles. The molecule has 0 aromatic heterocycles. The maximum absolute atomic E-state index is 12.0. The molecule has 0 fully saturated rings. The van der Waals surface area contributed by atoms with Crippen molar-refractivity contribution in [3.05, 3.63) is 24.3 Å². The zero-order chi connectivity index (χ0) is 15.9. The van der Waals surface area contributed by atoms with E-state index in [0.717, 1.165) is 30.7 Å². The zero-order valence-corrected chi connectivity index (χ0v) is 12.7. The van der Waals surface area contributed by atoms with Gasteiger partial charge >= 0.3 is 6.36 Å². The number of amides is 1. The lowest BCUT2D eigenvalue weighted by Gasteiger charge is -2.13. The summed E-state index contributed by atoms with van der Waals surface area (Å²) in [5, 5.41) is 2.46. The molecule has 7 heteroatoms. The lowest BCUT2D eigenvalue weighted by atomic mass is 10.3. The molecule has 3 nitrogen and oxygen atoms in total. The first-order valence-corrected chi connectivity index (χ1v) is 7.65. The van der Waals surface area contributed by atoms with Gasteiger partial charge in [-0.2, -0.15) is 0 Å². The molecule has 0 bridgehead atoms. The van der Waals surface area contributed by atoms with Crippen molar-refractivity contribution in [1.82, 2.24) is 0 Å². The van der Waals surface area contributed by atoms with E-state index in [4.69, 9.17) is 0 Å². The number of benzene rings is 1. The molecule has 1 rings (SSSR count). The molecule has 0 spiro atoms. The maximum atomic E-state index is 12.0. The highest BCUT2D eigenvalue weighted by atomic mass is 32.2. The first-order chi connectivity index (χ1) is 9.81. The van der Waals surface area contributed by atoms with Crippen LogP contribution < -0.4 is 10.1 Å². The number of carbonyl (C=O) groups excluding carboxylic acids is 1. The molecule has 1 aromatic rings. The fraction of sp³-hybridized carbons (Fsp3) is 0.500. The predicted octanol–water partition coefficient (Wildman–Crippen LogP) is 4.45. The third kappa shape index (κ3) is 7.27. The molecule has 0 radical (unpaired) electrons. The van der Waals surface area contributed by atoms with Crippen LogP contribution in [-0.2, 0) is 4.79 Å². The summed E-state index contributed by atoms with van der Waals surface area (Å²) in [6.07, 6.45) is -2.59. The molecular weight excluding hydrogens is 303 g/mol. The second-order valence-corrected chi connectivity index (χ2v) is 5.88. The Kier molecular flexibility index (Phi) is 6.87. The van der Waals surface area contributed by atoms with Crippen LogP contribution in [0.5, 0.6) is 5.75 Å². The number of nitrogens with one attached hydrogen (secondary N) is 1. The Balaban J connectivity index is 2.49. The molecule has 21 heavy (non-hydrogen) atoms. The first-order valence-electron chi connectivity index (χ1n) is 6.60. The summed E-state index contributed by atoms with van der Waals surface area (Å²) in [4.78, 5) is 11.9. The minimum atomic E-state index is -4.71. The summed E-state index contributed by atoms with van der Waals surface area (Å²) in [6.45, 7) is 3.88. The van der Waals surface area contributed by atoms with Gasteiger partial charge < -0.3 is 10.1 Å². The van der Waals surface area contributed by atoms with Crippen molar-refractivity contribution in [1.29, 1.82) is 0 Å². The number of halogens is 3. The highest BCUT2D eigenvalue weighted by molar-refractivity contribution is 8.00. The molecule has 0 aliphatic heterocycles. The fourth-order valence-electron chi connectivity index (χ4n) is 1.46. The number of alkyl halides is 3. The highest BCUT2D eigenvalue weighted by Gasteiger charge is 2.30. The standard InChI is InChI=1S/C14H18F3NO2S/c1-3-4-9-21-10(2)13(19)18-11-5-7-12(8-6-11)20-14(15,16)17/h5-8,10H,3-4,9H2,1-2H3,(H,18,19). The summed E-state index contributed by atoms with van der Waals surface area (Å²) >= 11 is 1.55. The molecule has 0 heterocycles. The van der Waals surface area contributed by atoms with Crippen LogP contribution in [0.25, 0.3) is 0 Å². The molecular formula is C14H18F3NO2S. The summed E-state index contributed by atoms with van der Waals surface area (Å²) in [6, 6.07) is 5.08. The van der Waals surface area contributed by atoms with E-state index in [-0.39, 0.29) is 16.9 Å². The van der Waals surface area contributed by atoms with Crippen LogP contribution in [0.1, 0.15) is 26.7 Å². The highest BCUT2D eigenvalue weighted by Crippen LogP contribution is 2.24. The molecule has 0 aliphatic rings. The minimum absolute atomic E-state index is 0.166. The van der Waals surface area contributed by atoms with Gasteiger partial charge in [-0.15, -0.1) is 24.9 Å². The van der Waals surface area contributed by atoms with Gasteiger partial charge in [-0.05, 0) is 43.4 Å². The first kappa shape index (κ1) is 17.7. The Hall–Kier alpha value is -1.37. The Morgan fingerprint density at radius 1 is 1.33 bits per heavy atom. The SMILES string of the molecule is CCCCSC(C)C(=O)Nc1ccc(OC(F)(F)F)cc1. The molecule has 1 atom stereocenters. The molecule has 0 saturated carbocycles. The summed E-state index contributed by atoms with van der Waals surface area (Å²) < 4.78 is 39.8. The Labute approximate surface area is 126 Å². The lowest BCUT2D eigenvalue weighted by molar-refractivity contribution is -0.274. The van der Waals surface area contributed by atoms with Gasteiger partial charge in [0.05, 0.1) is 5.25 Å². The Morgan fingerprint density at radius 3 is 2.48 bits per heavy atom. The maximum Gasteiger partial charge on any atom is 0.573 e. The van der Waals surface area contributed by atoms with Gasteiger partial charge in [0.1, 0.15) is 5.75 Å². The Bertz CT molecular complexity index is 449. The van der Waals surface area contributed by atoms with Crippen LogP contribution in [0, 0.1) is 0 Å². The van der Waals surface area contributed by atoms with Crippen LogP contribution in [-0.4, -0.2) is 23.3 Å². The lowest BCUT2D eigenvalue weighted by Crippen LogP contribution is -2.22. The number of hydrogen-bond donors (Lipinski definition) is 1. The van der Waals surface area contributed by atoms with E-state index in [0.29, 0.717) is 5.69 Å². The van der Waals surface area contributed by atoms with Gasteiger partial charge in [0, 0.05) is 5.69 Å². The molecule has 1 N–H and O–H groups in total. The quantitative estimate of drug-likeness (QED) is 0.754. The number of carbonyl (C=O) groups is 1. The number of rotatable bonds is 7. The van der Waals surface area contributed by atoms with Crippen molar-refractivity contribution >= 4 is 23.4 Å². The number of hydrogen-bond acceptors (Lipinski definition) is 3. The van der Waals surface area contributed by atoms with Crippen molar-refractivity contribution in [3.8, 4) is 5.75 Å². The minimum Gasteiger partial charge on any atom is -0.406 e. The van der Waals surface area contributed by atoms with E-state index in [1.54, 1.807) is 18.7 Å². The average Bonchev–Trinajstić information content (AvgIpc) is 2.39. The van der Waals surface area contributed by atoms with Crippen molar-refractivity contribution in [2.24, 2.45) is 0 Å². The van der Waals surface area contributed by atoms with Crippen molar-refractivity contribution in [2.75, 3.05) is 11.1 Å². The van der Waals surface area contributed by atoms with E-state index in [1.165, 1.54) is 12.1 Å². The monoisotopic (exact) mass is 321 g/mol. The topological polar surface area (TPSA) is 38.3 Å². The molecule has 0 aliphatic carbocycles. The van der Waals surface area contributed by atoms with Crippen LogP contribution in [0.15, 0.2) is 24.3 Å². The second kappa shape index (κ2) is 8.17. The van der Waals surface area contributed by atoms with Gasteiger partial charge in [0.25, 0.3) is 0 Å². The van der Waals surface area contributed by atoms with Gasteiger partial charge in [-0.1, -0.05) is 13.3 Å². The summed E-state index contributed by atoms with van der Waals surface area (Å²) in [7, 11) is 0. The van der Waals surface area contributed by atoms with Crippen molar-refractivity contribution in [2.45, 2.75) is 38.3 Å². The molecule has 1 aromatic carbocycles. The second-order valence-electron chi connectivity index (χ2n) is 4.43. The third-order valence-electron chi connectivity index (χ3n) is 2.59. The van der Waals surface area contributed by atoms with Crippen LogP contribution in [0.3, 0.4) is 0 Å². The predicted molar refractivity (Wildman–Crippen MR) is 78.6 cm³/mol. The molecule has 1 unspecified atom stereocenters. The zero-order valence-electron chi connectivity index (χ0n) is 11.9. The van der Waals surface area contributed by atoms with Gasteiger partial charge in [0.2, 0.25) is 5.91 Å². The number of ether oxygens (including phenoxy) is 1. The normalized spacial score (nSPS) is 12.8. The van der Waals surface area contributed by atoms with Crippen LogP contribution in [0.2, 0.25) is 0 Å². The summed E-state index contributed by atoms with van der Waals surface area (Å²) in [5.41, 5.74) is 0.442. The van der Waals surface area contributed by atoms with Crippen molar-refractivity contribution < 1.29 is 22.7 Å². The largest absolute Gasteiger partial charge is 0.573 e. The van der Waals surface area contributed by atoms with Gasteiger partial charge in [-0.3, -0.25) is 4.79 Å². The molecule has 118 valence electrons. The smallest absolute Gasteiger partial charge is 0.406 e. The van der Waals surface area contributed by atoms with E-state index in [1.807, 2.05) is 0 Å². The van der Waals surface area contributed by atoms with E-state index >= 15 is 0 Å². The average molecular weight is 321 g/mol. The molecule has 1 amide bonds. The van der Waals surface area contributed by atoms with Gasteiger partial charge in [0.15, 0.2) is 0 Å². The third-order valence-corrected chi connectivity index (χ3v) is 3.83. The number of thioether (sulfide) groups is 1.